The molecule has 64 valence electrons. The minimum atomic E-state index is 0.867. The van der Waals surface area contributed by atoms with Crippen LogP contribution >= 0.6 is 0 Å². The van der Waals surface area contributed by atoms with Gasteiger partial charge in [0.15, 0.2) is 0 Å². The van der Waals surface area contributed by atoms with Gasteiger partial charge in [0.05, 0.1) is 0 Å². The second-order valence-electron chi connectivity index (χ2n) is 3.12. The van der Waals surface area contributed by atoms with Crippen molar-refractivity contribution >= 4 is 0 Å². The van der Waals surface area contributed by atoms with Gasteiger partial charge in [-0.2, -0.15) is 0 Å². The molecule has 0 aliphatic heterocycles. The maximum Gasteiger partial charge on any atom is 0.00767 e. The van der Waals surface area contributed by atoms with Crippen molar-refractivity contribution in [2.24, 2.45) is 5.92 Å². The highest BCUT2D eigenvalue weighted by Crippen LogP contribution is 2.15. The molecule has 0 aromatic carbocycles. The smallest absolute Gasteiger partial charge is 0.00767 e. The van der Waals surface area contributed by atoms with Gasteiger partial charge in [-0.25, -0.2) is 0 Å². The topological polar surface area (TPSA) is 24.1 Å². The summed E-state index contributed by atoms with van der Waals surface area (Å²) >= 11 is 0. The number of allylic oxidation sites excluding steroid dienone is 2. The molecule has 0 spiro atoms. The first-order valence-corrected chi connectivity index (χ1v) is 4.44. The highest BCUT2D eigenvalue weighted by Gasteiger charge is 2.08. The molecule has 0 bridgehead atoms. The van der Waals surface area contributed by atoms with Crippen LogP contribution in [0.3, 0.4) is 0 Å². The van der Waals surface area contributed by atoms with Gasteiger partial charge < -0.3 is 10.6 Å². The van der Waals surface area contributed by atoms with Crippen molar-refractivity contribution in [2.75, 3.05) is 26.7 Å². The highest BCUT2D eigenvalue weighted by atomic mass is 14.9. The average molecular weight is 154 g/mol. The molecule has 0 atom stereocenters. The summed E-state index contributed by atoms with van der Waals surface area (Å²) in [6, 6.07) is 0. The summed E-state index contributed by atoms with van der Waals surface area (Å²) in [6.45, 7) is 3.34. The van der Waals surface area contributed by atoms with E-state index >= 15 is 0 Å². The van der Waals surface area contributed by atoms with Crippen LogP contribution in [-0.4, -0.2) is 26.7 Å². The molecule has 11 heavy (non-hydrogen) atoms. The summed E-state index contributed by atoms with van der Waals surface area (Å²) < 4.78 is 0. The number of hydrogen-bond acceptors (Lipinski definition) is 2. The van der Waals surface area contributed by atoms with Crippen molar-refractivity contribution in [3.63, 3.8) is 0 Å². The Morgan fingerprint density at radius 3 is 2.64 bits per heavy atom. The fourth-order valence-corrected chi connectivity index (χ4v) is 1.36. The molecule has 0 saturated heterocycles. The molecule has 2 N–H and O–H groups in total. The zero-order valence-electron chi connectivity index (χ0n) is 7.27. The van der Waals surface area contributed by atoms with Gasteiger partial charge in [0.1, 0.15) is 0 Å². The molecule has 2 nitrogen and oxygen atoms in total. The van der Waals surface area contributed by atoms with Crippen molar-refractivity contribution < 1.29 is 0 Å². The Bertz CT molecular complexity index is 113. The number of rotatable bonds is 5. The first-order chi connectivity index (χ1) is 5.43. The summed E-state index contributed by atoms with van der Waals surface area (Å²) in [5, 5.41) is 6.54. The molecule has 1 aliphatic rings. The van der Waals surface area contributed by atoms with Crippen LogP contribution in [0.5, 0.6) is 0 Å². The molecule has 0 amide bonds. The van der Waals surface area contributed by atoms with E-state index in [4.69, 9.17) is 0 Å². The van der Waals surface area contributed by atoms with E-state index in [-0.39, 0.29) is 0 Å². The van der Waals surface area contributed by atoms with E-state index in [1.807, 2.05) is 7.05 Å². The van der Waals surface area contributed by atoms with E-state index in [0.29, 0.717) is 0 Å². The fourth-order valence-electron chi connectivity index (χ4n) is 1.36. The molecule has 0 radical (unpaired) electrons. The molecule has 0 aromatic heterocycles. The van der Waals surface area contributed by atoms with Crippen molar-refractivity contribution in [3.05, 3.63) is 12.2 Å². The molecule has 0 heterocycles. The van der Waals surface area contributed by atoms with Crippen LogP contribution in [0.4, 0.5) is 0 Å². The monoisotopic (exact) mass is 154 g/mol. The first kappa shape index (κ1) is 8.75. The van der Waals surface area contributed by atoms with Crippen LogP contribution in [0.25, 0.3) is 0 Å². The van der Waals surface area contributed by atoms with Crippen molar-refractivity contribution in [1.29, 1.82) is 0 Å². The fraction of sp³-hybridized carbons (Fsp3) is 0.778. The summed E-state index contributed by atoms with van der Waals surface area (Å²) in [5.74, 6) is 0.867. The van der Waals surface area contributed by atoms with Crippen molar-refractivity contribution in [2.45, 2.75) is 12.8 Å². The zero-order chi connectivity index (χ0) is 7.94. The van der Waals surface area contributed by atoms with Gasteiger partial charge in [-0.1, -0.05) is 12.2 Å². The summed E-state index contributed by atoms with van der Waals surface area (Å²) in [4.78, 5) is 0. The Morgan fingerprint density at radius 1 is 1.27 bits per heavy atom. The molecular weight excluding hydrogens is 136 g/mol. The number of likely N-dealkylation sites (N-methyl/N-ethyl adjacent to an activating group) is 1. The average Bonchev–Trinajstić information content (AvgIpc) is 2.50. The first-order valence-electron chi connectivity index (χ1n) is 4.44. The van der Waals surface area contributed by atoms with E-state index in [0.717, 1.165) is 19.0 Å². The molecule has 1 aliphatic carbocycles. The van der Waals surface area contributed by atoms with E-state index in [1.165, 1.54) is 19.4 Å². The lowest BCUT2D eigenvalue weighted by Gasteiger charge is -2.09. The Kier molecular flexibility index (Phi) is 4.24. The zero-order valence-corrected chi connectivity index (χ0v) is 7.27. The lowest BCUT2D eigenvalue weighted by atomic mass is 10.1. The second-order valence-corrected chi connectivity index (χ2v) is 3.12. The number of hydrogen-bond donors (Lipinski definition) is 2. The van der Waals surface area contributed by atoms with Crippen LogP contribution in [0, 0.1) is 5.92 Å². The van der Waals surface area contributed by atoms with E-state index < -0.39 is 0 Å². The van der Waals surface area contributed by atoms with Crippen molar-refractivity contribution in [1.82, 2.24) is 10.6 Å². The summed E-state index contributed by atoms with van der Waals surface area (Å²) in [5.41, 5.74) is 0. The van der Waals surface area contributed by atoms with Gasteiger partial charge in [-0.15, -0.1) is 0 Å². The van der Waals surface area contributed by atoms with Gasteiger partial charge >= 0.3 is 0 Å². The summed E-state index contributed by atoms with van der Waals surface area (Å²) in [6.07, 6.45) is 7.11. The van der Waals surface area contributed by atoms with Gasteiger partial charge in [-0.05, 0) is 32.4 Å². The molecule has 0 saturated carbocycles. The molecule has 0 unspecified atom stereocenters. The highest BCUT2D eigenvalue weighted by molar-refractivity contribution is 4.94. The van der Waals surface area contributed by atoms with Gasteiger partial charge in [-0.3, -0.25) is 0 Å². The maximum absolute atomic E-state index is 3.43. The predicted molar refractivity (Wildman–Crippen MR) is 48.7 cm³/mol. The van der Waals surface area contributed by atoms with E-state index in [2.05, 4.69) is 22.8 Å². The van der Waals surface area contributed by atoms with Gasteiger partial charge in [0, 0.05) is 13.1 Å². The Morgan fingerprint density at radius 2 is 2.00 bits per heavy atom. The molecule has 0 fully saturated rings. The Hall–Kier alpha value is -0.340. The second kappa shape index (κ2) is 5.33. The predicted octanol–water partition coefficient (Wildman–Crippen LogP) is 0.762. The van der Waals surface area contributed by atoms with Crippen LogP contribution in [0.15, 0.2) is 12.2 Å². The number of nitrogens with one attached hydrogen (secondary N) is 2. The lowest BCUT2D eigenvalue weighted by molar-refractivity contribution is 0.501. The SMILES string of the molecule is CNCCNCC1CC=CC1. The minimum Gasteiger partial charge on any atom is -0.318 e. The molecular formula is C9H18N2. The normalized spacial score (nSPS) is 17.9. The van der Waals surface area contributed by atoms with E-state index in [1.54, 1.807) is 0 Å². The third kappa shape index (κ3) is 3.54. The molecule has 1 rings (SSSR count). The molecule has 0 aromatic rings. The van der Waals surface area contributed by atoms with Crippen LogP contribution in [-0.2, 0) is 0 Å². The third-order valence-electron chi connectivity index (χ3n) is 2.09. The van der Waals surface area contributed by atoms with Gasteiger partial charge in [0.25, 0.3) is 0 Å². The van der Waals surface area contributed by atoms with Crippen LogP contribution < -0.4 is 10.6 Å². The van der Waals surface area contributed by atoms with E-state index in [9.17, 15) is 0 Å². The Balaban J connectivity index is 1.87. The quantitative estimate of drug-likeness (QED) is 0.451. The maximum atomic E-state index is 3.43. The van der Waals surface area contributed by atoms with Gasteiger partial charge in [0.2, 0.25) is 0 Å². The standard InChI is InChI=1S/C9H18N2/c1-10-6-7-11-8-9-4-2-3-5-9/h2-3,9-11H,4-8H2,1H3. The van der Waals surface area contributed by atoms with Crippen LogP contribution in [0.2, 0.25) is 0 Å². The summed E-state index contributed by atoms with van der Waals surface area (Å²) in [7, 11) is 1.98. The third-order valence-corrected chi connectivity index (χ3v) is 2.09. The minimum absolute atomic E-state index is 0.867. The van der Waals surface area contributed by atoms with Crippen LogP contribution in [0.1, 0.15) is 12.8 Å². The Labute approximate surface area is 69.1 Å². The lowest BCUT2D eigenvalue weighted by Crippen LogP contribution is -2.28. The molecule has 2 heteroatoms. The van der Waals surface area contributed by atoms with Crippen molar-refractivity contribution in [3.8, 4) is 0 Å². The largest absolute Gasteiger partial charge is 0.318 e.